The van der Waals surface area contributed by atoms with E-state index in [2.05, 4.69) is 16.0 Å². The highest BCUT2D eigenvalue weighted by molar-refractivity contribution is 6.31. The van der Waals surface area contributed by atoms with Crippen LogP contribution in [0.25, 0.3) is 0 Å². The van der Waals surface area contributed by atoms with Crippen molar-refractivity contribution < 1.29 is 70.7 Å². The first-order valence-corrected chi connectivity index (χ1v) is 37.8. The highest BCUT2D eigenvalue weighted by Gasteiger charge is 2.52. The molecule has 7 aliphatic rings. The second kappa shape index (κ2) is 36.1. The predicted octanol–water partition coefficient (Wildman–Crippen LogP) is 6.57. The Morgan fingerprint density at radius 3 is 1.76 bits per heavy atom. The summed E-state index contributed by atoms with van der Waals surface area (Å²) in [6.07, 6.45) is 9.60. The van der Waals surface area contributed by atoms with Crippen LogP contribution in [0, 0.1) is 23.7 Å². The molecule has 0 aromatic heterocycles. The maximum absolute atomic E-state index is 15.8. The van der Waals surface area contributed by atoms with E-state index in [0.717, 1.165) is 99.0 Å². The van der Waals surface area contributed by atoms with Crippen molar-refractivity contribution >= 4 is 82.5 Å². The lowest BCUT2D eigenvalue weighted by atomic mass is 9.80. The Labute approximate surface area is 604 Å². The summed E-state index contributed by atoms with van der Waals surface area (Å²) in [5.41, 5.74) is -2.33. The van der Waals surface area contributed by atoms with Gasteiger partial charge in [0.1, 0.15) is 47.8 Å². The smallest absolute Gasteiger partial charge is 0.343 e. The van der Waals surface area contributed by atoms with Crippen molar-refractivity contribution in [3.8, 4) is 0 Å². The van der Waals surface area contributed by atoms with E-state index in [9.17, 15) is 41.9 Å². The third-order valence-corrected chi connectivity index (χ3v) is 23.3. The van der Waals surface area contributed by atoms with Crippen molar-refractivity contribution in [1.82, 2.24) is 60.0 Å². The van der Waals surface area contributed by atoms with Crippen LogP contribution in [0.3, 0.4) is 0 Å². The Hall–Kier alpha value is -7.06. The molecule has 24 nitrogen and oxygen atoms in total. The minimum absolute atomic E-state index is 0.0240. The van der Waals surface area contributed by atoms with E-state index >= 15 is 28.8 Å². The highest BCUT2D eigenvalue weighted by Crippen LogP contribution is 2.39. The lowest BCUT2D eigenvalue weighted by Gasteiger charge is -2.43. The van der Waals surface area contributed by atoms with Gasteiger partial charge in [-0.1, -0.05) is 115 Å². The number of benzene rings is 1. The molecule has 1 aromatic rings. The molecular formula is C74H112ClF3N12O12. The monoisotopic (exact) mass is 1450 g/mol. The molecule has 0 bridgehead atoms. The van der Waals surface area contributed by atoms with Crippen molar-refractivity contribution in [3.05, 3.63) is 34.3 Å². The van der Waals surface area contributed by atoms with E-state index in [4.69, 9.17) is 11.6 Å². The Morgan fingerprint density at radius 1 is 0.569 bits per heavy atom. The first-order valence-electron chi connectivity index (χ1n) is 37.5. The summed E-state index contributed by atoms with van der Waals surface area (Å²) < 4.78 is 41.7. The molecule has 8 rings (SSSR count). The lowest BCUT2D eigenvalue weighted by molar-refractivity contribution is -0.157. The zero-order chi connectivity index (χ0) is 74.5. The Bertz CT molecular complexity index is 3190. The van der Waals surface area contributed by atoms with Gasteiger partial charge in [-0.15, -0.1) is 0 Å². The maximum Gasteiger partial charge on any atom is 0.417 e. The second-order valence-electron chi connectivity index (χ2n) is 30.9. The van der Waals surface area contributed by atoms with E-state index in [1.807, 2.05) is 13.8 Å². The van der Waals surface area contributed by atoms with E-state index in [1.54, 1.807) is 4.90 Å². The largest absolute Gasteiger partial charge is 0.417 e. The molecule has 7 atom stereocenters. The molecule has 0 radical (unpaired) electrons. The van der Waals surface area contributed by atoms with Crippen molar-refractivity contribution in [2.45, 2.75) is 248 Å². The number of hydrogen-bond acceptors (Lipinski definition) is 12. The Balaban J connectivity index is 1.17. The molecule has 568 valence electrons. The van der Waals surface area contributed by atoms with E-state index < -0.39 is 167 Å². The number of likely N-dealkylation sites (tertiary alicyclic amines) is 1. The molecular weight excluding hydrogens is 1340 g/mol. The molecule has 3 saturated heterocycles. The molecule has 4 saturated carbocycles. The van der Waals surface area contributed by atoms with Gasteiger partial charge in [-0.25, -0.2) is 0 Å². The maximum atomic E-state index is 15.8. The summed E-state index contributed by atoms with van der Waals surface area (Å²) in [5.74, 6) is -7.94. The van der Waals surface area contributed by atoms with Crippen LogP contribution in [0.1, 0.15) is 198 Å². The predicted molar refractivity (Wildman–Crippen MR) is 376 cm³/mol. The van der Waals surface area contributed by atoms with Gasteiger partial charge in [0, 0.05) is 69.0 Å². The number of rotatable bonds is 11. The fourth-order valence-corrected chi connectivity index (χ4v) is 16.8. The number of nitrogens with one attached hydrogen (secondary N) is 3. The molecule has 4 aliphatic carbocycles. The number of carbonyl (C=O) groups is 12. The van der Waals surface area contributed by atoms with Crippen molar-refractivity contribution in [3.63, 3.8) is 0 Å². The van der Waals surface area contributed by atoms with Crippen LogP contribution in [0.4, 0.5) is 13.2 Å². The summed E-state index contributed by atoms with van der Waals surface area (Å²) >= 11 is 6.17. The van der Waals surface area contributed by atoms with Crippen molar-refractivity contribution in [2.75, 3.05) is 88.6 Å². The molecule has 3 aliphatic heterocycles. The number of aryl methyl sites for hydroxylation is 1. The van der Waals surface area contributed by atoms with E-state index in [0.29, 0.717) is 63.6 Å². The van der Waals surface area contributed by atoms with Gasteiger partial charge in [0.15, 0.2) is 0 Å². The van der Waals surface area contributed by atoms with Gasteiger partial charge in [0.25, 0.3) is 0 Å². The minimum atomic E-state index is -4.76. The van der Waals surface area contributed by atoms with Gasteiger partial charge in [-0.3, -0.25) is 57.5 Å². The normalized spacial score (nSPS) is 27.2. The topological polar surface area (TPSA) is 270 Å². The highest BCUT2D eigenvalue weighted by atomic mass is 35.5. The average Bonchev–Trinajstić information content (AvgIpc) is 1.44. The molecule has 1 spiro atoms. The molecule has 28 heteroatoms. The zero-order valence-corrected chi connectivity index (χ0v) is 62.3. The first-order chi connectivity index (χ1) is 48.3. The standard InChI is InChI=1S/C74H112ClF3N12O12/c1-47(2)39-57-65(95)80-55(41-48-25-21-26-48)67(97)84(5)45-62(93)82(3)46-63(94)86(7)58(42-49-23-13-10-14-24-49)69(99)83(4)44-60(91)79-54(33-31-50-30-32-52(53(75)40-50)74(76,77)78)68(98)90-38-22-29-56(90)66(96)81-73(34-17-18-35-73)72(102)88(9)64(51-27-15-11-16-28-51)71(101)87(8)59(43-61(92)85(57)6)70(100)89-36-19-12-20-37-89/h30,32,40,47-49,51,54-59,64H,10-29,31,33-39,41-46H2,1-9H3,(H,79,91)(H,80,95)(H,81,96)/t54-,55-,56?,57-,58-,59-,64-/m0/s1. The Kier molecular flexibility index (Phi) is 28.5. The number of halogens is 4. The summed E-state index contributed by atoms with van der Waals surface area (Å²) in [4.78, 5) is 192. The third-order valence-electron chi connectivity index (χ3n) is 23.0. The van der Waals surface area contributed by atoms with Crippen LogP contribution in [-0.4, -0.2) is 251 Å². The van der Waals surface area contributed by atoms with Gasteiger partial charge in [0.05, 0.1) is 36.6 Å². The van der Waals surface area contributed by atoms with Crippen LogP contribution in [0.5, 0.6) is 0 Å². The number of hydrogen-bond donors (Lipinski definition) is 3. The number of nitrogens with zero attached hydrogens (tertiary/aromatic N) is 9. The van der Waals surface area contributed by atoms with E-state index in [1.165, 1.54) is 84.8 Å². The van der Waals surface area contributed by atoms with Crippen LogP contribution < -0.4 is 16.0 Å². The average molecular weight is 1450 g/mol. The zero-order valence-electron chi connectivity index (χ0n) is 61.6. The van der Waals surface area contributed by atoms with Crippen LogP contribution in [0.15, 0.2) is 18.2 Å². The van der Waals surface area contributed by atoms with Gasteiger partial charge in [-0.05, 0) is 131 Å². The van der Waals surface area contributed by atoms with Crippen LogP contribution in [0.2, 0.25) is 5.02 Å². The molecule has 7 fully saturated rings. The SMILES string of the molecule is CC(C)C[C@H]1C(=O)N[C@@H](CC2CCC2)C(=O)N(C)CC(=O)N(C)CC(=O)N(C)[C@@H](CC2CCCCC2)C(=O)N(C)CC(=O)N[C@@H](CCc2ccc(C(F)(F)F)c(Cl)c2)C(=O)N2CCCC2C(=O)NC2(CCCC2)C(=O)N(C)[C@@H](C2CCCCC2)C(=O)N(C)[C@H](C(=O)N2CCCCC2)CC(=O)N1C. The quantitative estimate of drug-likeness (QED) is 0.212. The molecule has 3 heterocycles. The fourth-order valence-electron chi connectivity index (χ4n) is 16.5. The molecule has 102 heavy (non-hydrogen) atoms. The van der Waals surface area contributed by atoms with Gasteiger partial charge in [0.2, 0.25) is 70.9 Å². The number of likely N-dealkylation sites (N-methyl/N-ethyl adjacent to an activating group) is 7. The summed E-state index contributed by atoms with van der Waals surface area (Å²) in [5, 5.41) is 8.26. The number of piperidine rings is 1. The van der Waals surface area contributed by atoms with Gasteiger partial charge < -0.3 is 60.0 Å². The first kappa shape index (κ1) is 80.6. The second-order valence-corrected chi connectivity index (χ2v) is 31.3. The Morgan fingerprint density at radius 2 is 1.16 bits per heavy atom. The lowest BCUT2D eigenvalue weighted by Crippen LogP contribution is -2.65. The number of carbonyl (C=O) groups excluding carboxylic acids is 12. The minimum Gasteiger partial charge on any atom is -0.343 e. The summed E-state index contributed by atoms with van der Waals surface area (Å²) in [6, 6.07) is -5.40. The van der Waals surface area contributed by atoms with E-state index in [-0.39, 0.29) is 75.7 Å². The number of fused-ring (bicyclic) bond motifs is 1. The molecule has 1 unspecified atom stereocenters. The molecule has 3 N–H and O–H groups in total. The van der Waals surface area contributed by atoms with Gasteiger partial charge >= 0.3 is 6.18 Å². The third kappa shape index (κ3) is 20.3. The van der Waals surface area contributed by atoms with Gasteiger partial charge in [-0.2, -0.15) is 13.2 Å². The van der Waals surface area contributed by atoms with Crippen molar-refractivity contribution in [1.29, 1.82) is 0 Å². The summed E-state index contributed by atoms with van der Waals surface area (Å²) in [6.45, 7) is 2.94. The van der Waals surface area contributed by atoms with Crippen LogP contribution in [-0.2, 0) is 70.1 Å². The van der Waals surface area contributed by atoms with Crippen LogP contribution >= 0.6 is 11.6 Å². The van der Waals surface area contributed by atoms with Crippen molar-refractivity contribution in [2.24, 2.45) is 23.7 Å². The molecule has 1 aromatic carbocycles. The summed E-state index contributed by atoms with van der Waals surface area (Å²) in [7, 11) is 10.1. The fraction of sp³-hybridized carbons (Fsp3) is 0.757. The number of amides is 12. The molecule has 12 amide bonds. The number of alkyl halides is 3.